The van der Waals surface area contributed by atoms with Crippen LogP contribution in [-0.2, 0) is 25.7 Å². The van der Waals surface area contributed by atoms with Crippen LogP contribution in [-0.4, -0.2) is 45.8 Å². The number of fused-ring (bicyclic) bond motifs is 10. The van der Waals surface area contributed by atoms with Gasteiger partial charge in [-0.25, -0.2) is 0 Å². The van der Waals surface area contributed by atoms with E-state index in [4.69, 9.17) is 0 Å². The Bertz CT molecular complexity index is 2790. The number of hydrogen-bond acceptors (Lipinski definition) is 0. The third kappa shape index (κ3) is 4.32. The Hall–Kier alpha value is -4.50. The van der Waals surface area contributed by atoms with Gasteiger partial charge in [-0.05, 0) is 0 Å². The predicted molar refractivity (Wildman–Crippen MR) is 222 cm³/mol. The number of hydrogen-bond donors (Lipinski definition) is 0. The minimum atomic E-state index is 0.196. The number of nitrogens with zero attached hydrogens (tertiary/aromatic N) is 2. The van der Waals surface area contributed by atoms with E-state index in [9.17, 15) is 0 Å². The third-order valence-electron chi connectivity index (χ3n) is 12.2. The van der Waals surface area contributed by atoms with E-state index in [1.54, 1.807) is 35.7 Å². The molecule has 4 aliphatic rings. The van der Waals surface area contributed by atoms with Gasteiger partial charge in [0.1, 0.15) is 0 Å². The summed E-state index contributed by atoms with van der Waals surface area (Å²) in [4.78, 5) is 0. The molecule has 0 unspecified atom stereocenters. The van der Waals surface area contributed by atoms with Crippen LogP contribution in [0.5, 0.6) is 0 Å². The molecule has 248 valence electrons. The van der Waals surface area contributed by atoms with Gasteiger partial charge in [-0.15, -0.1) is 0 Å². The van der Waals surface area contributed by atoms with Crippen molar-refractivity contribution >= 4 is 92.7 Å². The molecule has 6 aromatic carbocycles. The molecule has 2 aliphatic carbocycles. The normalized spacial score (nSPS) is 15.3. The van der Waals surface area contributed by atoms with E-state index in [2.05, 4.69) is 137 Å². The Morgan fingerprint density at radius 2 is 1.06 bits per heavy atom. The van der Waals surface area contributed by atoms with Crippen LogP contribution in [0.25, 0.3) is 44.3 Å². The summed E-state index contributed by atoms with van der Waals surface area (Å²) in [6.07, 6.45) is 8.55. The van der Waals surface area contributed by atoms with Gasteiger partial charge in [0.25, 0.3) is 0 Å². The van der Waals surface area contributed by atoms with Crippen LogP contribution in [0.3, 0.4) is 0 Å². The third-order valence-corrected chi connectivity index (χ3v) is 17.0. The molecular formula is C47H35BN2Se2. The van der Waals surface area contributed by atoms with Gasteiger partial charge < -0.3 is 0 Å². The van der Waals surface area contributed by atoms with Crippen LogP contribution in [0.4, 0.5) is 0 Å². The maximum absolute atomic E-state index is 2.66. The number of benzene rings is 6. The monoisotopic (exact) mass is 798 g/mol. The van der Waals surface area contributed by atoms with Crippen molar-refractivity contribution in [1.29, 1.82) is 0 Å². The summed E-state index contributed by atoms with van der Waals surface area (Å²) in [5.74, 6) is 0. The summed E-state index contributed by atoms with van der Waals surface area (Å²) in [6, 6.07) is 49.4. The SMILES string of the molecule is c1ccc(-c2ccc3c(c2)B2c4ccc(-n5c6c(c7ccccc75)CCC6)cc4[Se]c4cc(-n5c6c(c7ccccc75)CCCC6)cc(c42)[Se]3)cc1. The first-order chi connectivity index (χ1) is 25.8. The van der Waals surface area contributed by atoms with Crippen molar-refractivity contribution in [2.75, 3.05) is 0 Å². The van der Waals surface area contributed by atoms with Crippen LogP contribution < -0.4 is 34.2 Å². The van der Waals surface area contributed by atoms with Crippen molar-refractivity contribution in [3.63, 3.8) is 0 Å². The van der Waals surface area contributed by atoms with Gasteiger partial charge in [0.05, 0.1) is 0 Å². The molecule has 8 aromatic rings. The summed E-state index contributed by atoms with van der Waals surface area (Å²) >= 11 is 0.435. The predicted octanol–water partition coefficient (Wildman–Crippen LogP) is 5.06. The molecule has 2 aliphatic heterocycles. The summed E-state index contributed by atoms with van der Waals surface area (Å²) in [5, 5.41) is 2.90. The summed E-state index contributed by atoms with van der Waals surface area (Å²) in [6.45, 7) is 0.260. The Morgan fingerprint density at radius 1 is 0.442 bits per heavy atom. The molecule has 2 aromatic heterocycles. The van der Waals surface area contributed by atoms with Crippen molar-refractivity contribution < 1.29 is 0 Å². The van der Waals surface area contributed by atoms with Gasteiger partial charge >= 0.3 is 319 Å². The number of para-hydroxylation sites is 2. The molecule has 0 amide bonds. The van der Waals surface area contributed by atoms with Gasteiger partial charge in [0.15, 0.2) is 0 Å². The number of aromatic nitrogens is 2. The molecule has 0 N–H and O–H groups in total. The molecular weight excluding hydrogens is 761 g/mol. The van der Waals surface area contributed by atoms with Gasteiger partial charge in [0, 0.05) is 0 Å². The molecule has 0 saturated carbocycles. The van der Waals surface area contributed by atoms with Crippen molar-refractivity contribution in [3.8, 4) is 22.5 Å². The molecule has 0 bridgehead atoms. The molecule has 5 heteroatoms. The van der Waals surface area contributed by atoms with E-state index >= 15 is 0 Å². The van der Waals surface area contributed by atoms with Crippen molar-refractivity contribution in [3.05, 3.63) is 150 Å². The first-order valence-corrected chi connectivity index (χ1v) is 22.3. The quantitative estimate of drug-likeness (QED) is 0.222. The van der Waals surface area contributed by atoms with Gasteiger partial charge in [0.2, 0.25) is 0 Å². The maximum atomic E-state index is 2.66. The number of aryl methyl sites for hydroxylation is 2. The summed E-state index contributed by atoms with van der Waals surface area (Å²) < 4.78 is 11.5. The van der Waals surface area contributed by atoms with E-state index < -0.39 is 0 Å². The fourth-order valence-electron chi connectivity index (χ4n) is 9.97. The second-order valence-electron chi connectivity index (χ2n) is 14.9. The number of rotatable bonds is 3. The Kier molecular flexibility index (Phi) is 6.64. The molecule has 2 nitrogen and oxygen atoms in total. The first-order valence-electron chi connectivity index (χ1n) is 18.9. The Balaban J connectivity index is 1.09. The minimum absolute atomic E-state index is 0.196. The van der Waals surface area contributed by atoms with Gasteiger partial charge in [-0.3, -0.25) is 0 Å². The average Bonchev–Trinajstić information content (AvgIpc) is 3.89. The second-order valence-corrected chi connectivity index (χ2v) is 19.5. The molecule has 4 heterocycles. The fourth-order valence-corrected chi connectivity index (χ4v) is 15.4. The first kappa shape index (κ1) is 30.0. The Morgan fingerprint density at radius 3 is 1.83 bits per heavy atom. The zero-order valence-electron chi connectivity index (χ0n) is 28.9. The zero-order chi connectivity index (χ0) is 33.9. The fraction of sp³-hybridized carbons (Fsp3) is 0.149. The molecule has 0 spiro atoms. The van der Waals surface area contributed by atoms with Gasteiger partial charge in [-0.1, -0.05) is 0 Å². The second kappa shape index (κ2) is 11.5. The Labute approximate surface area is 317 Å². The van der Waals surface area contributed by atoms with E-state index in [0.29, 0.717) is 0 Å². The molecule has 0 atom stereocenters. The molecule has 0 fully saturated rings. The van der Waals surface area contributed by atoms with Crippen LogP contribution in [0.15, 0.2) is 127 Å². The molecule has 0 radical (unpaired) electrons. The van der Waals surface area contributed by atoms with Crippen molar-refractivity contribution in [2.24, 2.45) is 0 Å². The summed E-state index contributed by atoms with van der Waals surface area (Å²) in [7, 11) is 0. The molecule has 0 saturated heterocycles. The van der Waals surface area contributed by atoms with Crippen LogP contribution in [0.2, 0.25) is 0 Å². The van der Waals surface area contributed by atoms with E-state index in [1.807, 2.05) is 0 Å². The van der Waals surface area contributed by atoms with E-state index in [1.165, 1.54) is 104 Å². The van der Waals surface area contributed by atoms with Gasteiger partial charge in [-0.2, -0.15) is 0 Å². The average molecular weight is 797 g/mol. The molecule has 12 rings (SSSR count). The van der Waals surface area contributed by atoms with Crippen molar-refractivity contribution in [1.82, 2.24) is 9.13 Å². The van der Waals surface area contributed by atoms with Crippen LogP contribution >= 0.6 is 0 Å². The van der Waals surface area contributed by atoms with E-state index in [0.717, 1.165) is 6.42 Å². The standard InChI is InChI=1S/C47H35BN2Se2/c1-2-11-29(12-3-1)30-21-24-43-38(25-30)48-37-23-22-31(49-39-17-7-4-15-35(39)36-16-10-20-42(36)49)26-44(37)52-46-28-32(27-45(51-43)47(46)48)50-40-18-8-5-13-33(40)34-14-6-9-19-41(34)50/h1-5,7-8,11-13,15,17-18,21-28H,6,9-10,14,16,19-20H2. The zero-order valence-corrected chi connectivity index (χ0v) is 32.3. The van der Waals surface area contributed by atoms with E-state index in [-0.39, 0.29) is 36.6 Å². The van der Waals surface area contributed by atoms with Crippen LogP contribution in [0, 0.1) is 0 Å². The summed E-state index contributed by atoms with van der Waals surface area (Å²) in [5.41, 5.74) is 19.0. The molecule has 52 heavy (non-hydrogen) atoms. The van der Waals surface area contributed by atoms with Crippen LogP contribution in [0.1, 0.15) is 41.8 Å². The van der Waals surface area contributed by atoms with Crippen molar-refractivity contribution in [2.45, 2.75) is 44.9 Å². The topological polar surface area (TPSA) is 9.86 Å².